The second kappa shape index (κ2) is 4.39. The third-order valence-corrected chi connectivity index (χ3v) is 4.41. The third kappa shape index (κ3) is 1.73. The number of carbonyl (C=O) groups excluding carboxylic acids is 1. The molecule has 5 heteroatoms. The Bertz CT molecular complexity index is 468. The lowest BCUT2D eigenvalue weighted by Gasteiger charge is -2.23. The maximum atomic E-state index is 12.6. The van der Waals surface area contributed by atoms with Crippen molar-refractivity contribution in [2.75, 3.05) is 13.1 Å². The minimum absolute atomic E-state index is 0.0908. The van der Waals surface area contributed by atoms with Crippen molar-refractivity contribution in [2.24, 2.45) is 5.92 Å². The molecule has 1 aromatic heterocycles. The van der Waals surface area contributed by atoms with Crippen molar-refractivity contribution >= 4 is 5.91 Å². The van der Waals surface area contributed by atoms with Gasteiger partial charge in [0.15, 0.2) is 5.69 Å². The Balaban J connectivity index is 1.87. The van der Waals surface area contributed by atoms with Crippen LogP contribution in [0.25, 0.3) is 0 Å². The average Bonchev–Trinajstić information content (AvgIpc) is 2.94. The number of hydrogen-bond donors (Lipinski definition) is 2. The molecule has 0 aromatic carbocycles. The molecule has 3 rings (SSSR count). The summed E-state index contributed by atoms with van der Waals surface area (Å²) in [4.78, 5) is 14.5. The molecule has 0 bridgehead atoms. The van der Waals surface area contributed by atoms with Crippen LogP contribution in [0.3, 0.4) is 0 Å². The Labute approximate surface area is 107 Å². The number of rotatable bonds is 1. The van der Waals surface area contributed by atoms with E-state index < -0.39 is 0 Å². The lowest BCUT2D eigenvalue weighted by Crippen LogP contribution is -2.36. The number of aromatic amines is 1. The molecule has 1 amide bonds. The van der Waals surface area contributed by atoms with Crippen LogP contribution in [0.4, 0.5) is 0 Å². The molecule has 1 saturated heterocycles. The fourth-order valence-electron chi connectivity index (χ4n) is 2.92. The molecule has 1 aromatic rings. The first-order valence-electron chi connectivity index (χ1n) is 6.76. The van der Waals surface area contributed by atoms with Crippen LogP contribution in [0.1, 0.15) is 42.0 Å². The van der Waals surface area contributed by atoms with E-state index in [1.807, 2.05) is 4.90 Å². The number of H-pyrrole nitrogens is 1. The summed E-state index contributed by atoms with van der Waals surface area (Å²) in [6, 6.07) is 0.321. The Kier molecular flexibility index (Phi) is 2.86. The smallest absolute Gasteiger partial charge is 0.274 e. The first kappa shape index (κ1) is 11.7. The normalized spacial score (nSPS) is 27.3. The number of nitrogens with zero attached hydrogens (tertiary/aromatic N) is 2. The third-order valence-electron chi connectivity index (χ3n) is 4.41. The van der Waals surface area contributed by atoms with E-state index in [0.717, 1.165) is 43.7 Å². The molecule has 0 spiro atoms. The van der Waals surface area contributed by atoms with E-state index in [1.54, 1.807) is 0 Å². The van der Waals surface area contributed by atoms with Crippen LogP contribution >= 0.6 is 0 Å². The van der Waals surface area contributed by atoms with Crippen molar-refractivity contribution in [1.82, 2.24) is 20.4 Å². The zero-order chi connectivity index (χ0) is 12.7. The molecule has 0 aliphatic carbocycles. The Hall–Kier alpha value is -1.36. The summed E-state index contributed by atoms with van der Waals surface area (Å²) in [6.07, 6.45) is 2.03. The predicted octanol–water partition coefficient (Wildman–Crippen LogP) is 0.926. The Morgan fingerprint density at radius 2 is 2.28 bits per heavy atom. The van der Waals surface area contributed by atoms with Crippen LogP contribution < -0.4 is 5.32 Å². The molecule has 98 valence electrons. The molecular weight excluding hydrogens is 228 g/mol. The second-order valence-corrected chi connectivity index (χ2v) is 5.46. The fourth-order valence-corrected chi connectivity index (χ4v) is 2.92. The molecule has 18 heavy (non-hydrogen) atoms. The quantitative estimate of drug-likeness (QED) is 0.777. The summed E-state index contributed by atoms with van der Waals surface area (Å²) in [6.45, 7) is 6.91. The molecule has 0 radical (unpaired) electrons. The summed E-state index contributed by atoms with van der Waals surface area (Å²) in [5, 5.41) is 10.6. The van der Waals surface area contributed by atoms with Crippen LogP contribution in [0, 0.1) is 5.92 Å². The largest absolute Gasteiger partial charge is 0.334 e. The van der Waals surface area contributed by atoms with Gasteiger partial charge in [-0.15, -0.1) is 0 Å². The van der Waals surface area contributed by atoms with Crippen LogP contribution in [0.2, 0.25) is 0 Å². The van der Waals surface area contributed by atoms with Crippen molar-refractivity contribution in [3.05, 3.63) is 17.0 Å². The van der Waals surface area contributed by atoms with Crippen molar-refractivity contribution in [1.29, 1.82) is 0 Å². The summed E-state index contributed by atoms with van der Waals surface area (Å²) in [5.41, 5.74) is 2.81. The van der Waals surface area contributed by atoms with E-state index in [0.29, 0.717) is 17.7 Å². The minimum atomic E-state index is 0.0908. The fraction of sp³-hybridized carbons (Fsp3) is 0.692. The highest BCUT2D eigenvalue weighted by atomic mass is 16.2. The molecule has 1 fully saturated rings. The highest BCUT2D eigenvalue weighted by Crippen LogP contribution is 2.26. The topological polar surface area (TPSA) is 61.0 Å². The molecular formula is C13H20N4O. The zero-order valence-electron chi connectivity index (χ0n) is 11.0. The highest BCUT2D eigenvalue weighted by molar-refractivity contribution is 5.94. The van der Waals surface area contributed by atoms with E-state index in [-0.39, 0.29) is 5.91 Å². The minimum Gasteiger partial charge on any atom is -0.334 e. The van der Waals surface area contributed by atoms with Gasteiger partial charge in [0, 0.05) is 43.4 Å². The number of likely N-dealkylation sites (tertiary alicyclic amines) is 1. The van der Waals surface area contributed by atoms with Gasteiger partial charge in [-0.25, -0.2) is 0 Å². The van der Waals surface area contributed by atoms with Gasteiger partial charge in [-0.2, -0.15) is 5.10 Å². The lowest BCUT2D eigenvalue weighted by atomic mass is 10.0. The van der Waals surface area contributed by atoms with Gasteiger partial charge in [0.25, 0.3) is 5.91 Å². The molecule has 2 aliphatic rings. The Morgan fingerprint density at radius 3 is 3.00 bits per heavy atom. The lowest BCUT2D eigenvalue weighted by molar-refractivity contribution is 0.0727. The number of nitrogens with one attached hydrogen (secondary N) is 2. The van der Waals surface area contributed by atoms with Gasteiger partial charge in [0.1, 0.15) is 0 Å². The SMILES string of the molecule is CC1CCN(C(=O)c2n[nH]c3c2CNCC3)C1C. The van der Waals surface area contributed by atoms with Gasteiger partial charge in [-0.05, 0) is 19.3 Å². The molecule has 0 saturated carbocycles. The Morgan fingerprint density at radius 1 is 1.44 bits per heavy atom. The van der Waals surface area contributed by atoms with Crippen molar-refractivity contribution in [3.63, 3.8) is 0 Å². The number of carbonyl (C=O) groups is 1. The number of aromatic nitrogens is 2. The number of amides is 1. The molecule has 2 N–H and O–H groups in total. The molecule has 5 nitrogen and oxygen atoms in total. The van der Waals surface area contributed by atoms with E-state index in [4.69, 9.17) is 0 Å². The maximum Gasteiger partial charge on any atom is 0.274 e. The van der Waals surface area contributed by atoms with E-state index in [9.17, 15) is 4.79 Å². The predicted molar refractivity (Wildman–Crippen MR) is 68.3 cm³/mol. The van der Waals surface area contributed by atoms with Crippen molar-refractivity contribution < 1.29 is 4.79 Å². The van der Waals surface area contributed by atoms with E-state index in [1.165, 1.54) is 0 Å². The second-order valence-electron chi connectivity index (χ2n) is 5.46. The van der Waals surface area contributed by atoms with E-state index in [2.05, 4.69) is 29.4 Å². The van der Waals surface area contributed by atoms with Gasteiger partial charge < -0.3 is 10.2 Å². The van der Waals surface area contributed by atoms with Crippen LogP contribution in [0.15, 0.2) is 0 Å². The van der Waals surface area contributed by atoms with E-state index >= 15 is 0 Å². The summed E-state index contributed by atoms with van der Waals surface area (Å²) in [7, 11) is 0. The maximum absolute atomic E-state index is 12.6. The highest BCUT2D eigenvalue weighted by Gasteiger charge is 2.34. The summed E-state index contributed by atoms with van der Waals surface area (Å²) >= 11 is 0. The van der Waals surface area contributed by atoms with Gasteiger partial charge in [-0.1, -0.05) is 6.92 Å². The molecule has 3 heterocycles. The zero-order valence-corrected chi connectivity index (χ0v) is 11.0. The van der Waals surface area contributed by atoms with Gasteiger partial charge >= 0.3 is 0 Å². The van der Waals surface area contributed by atoms with Crippen LogP contribution in [-0.2, 0) is 13.0 Å². The molecule has 2 atom stereocenters. The number of hydrogen-bond acceptors (Lipinski definition) is 3. The molecule has 2 aliphatic heterocycles. The van der Waals surface area contributed by atoms with Crippen molar-refractivity contribution in [2.45, 2.75) is 39.3 Å². The number of fused-ring (bicyclic) bond motifs is 1. The van der Waals surface area contributed by atoms with Crippen LogP contribution in [0.5, 0.6) is 0 Å². The average molecular weight is 248 g/mol. The molecule has 2 unspecified atom stereocenters. The monoisotopic (exact) mass is 248 g/mol. The standard InChI is InChI=1S/C13H20N4O/c1-8-4-6-17(9(8)2)13(18)12-10-7-14-5-3-11(10)15-16-12/h8-9,14H,3-7H2,1-2H3,(H,15,16). The summed E-state index contributed by atoms with van der Waals surface area (Å²) in [5.74, 6) is 0.676. The van der Waals surface area contributed by atoms with Gasteiger partial charge in [0.05, 0.1) is 0 Å². The van der Waals surface area contributed by atoms with Gasteiger partial charge in [-0.3, -0.25) is 9.89 Å². The summed E-state index contributed by atoms with van der Waals surface area (Å²) < 4.78 is 0. The van der Waals surface area contributed by atoms with Gasteiger partial charge in [0.2, 0.25) is 0 Å². The van der Waals surface area contributed by atoms with Crippen molar-refractivity contribution in [3.8, 4) is 0 Å². The first-order valence-corrected chi connectivity index (χ1v) is 6.76. The van der Waals surface area contributed by atoms with Crippen LogP contribution in [-0.4, -0.2) is 40.1 Å². The first-order chi connectivity index (χ1) is 8.68.